The van der Waals surface area contributed by atoms with Crippen LogP contribution in [-0.4, -0.2) is 71.0 Å². The van der Waals surface area contributed by atoms with E-state index in [4.69, 9.17) is 0 Å². The van der Waals surface area contributed by atoms with Crippen molar-refractivity contribution < 1.29 is 0 Å². The van der Waals surface area contributed by atoms with Gasteiger partial charge in [-0.1, -0.05) is 48.6 Å². The van der Waals surface area contributed by atoms with E-state index < -0.39 is 7.87 Å². The molecule has 0 aliphatic carbocycles. The van der Waals surface area contributed by atoms with E-state index in [1.807, 2.05) is 48.6 Å². The third-order valence-electron chi connectivity index (χ3n) is 4.24. The van der Waals surface area contributed by atoms with Crippen LogP contribution in [0.15, 0.2) is 101 Å². The average molecular weight is 416 g/mol. The molecule has 0 bridgehead atoms. The maximum Gasteiger partial charge on any atom is 0.311 e. The third-order valence-corrected chi connectivity index (χ3v) is 8.58. The Labute approximate surface area is 180 Å². The maximum absolute atomic E-state index is 4.02. The summed E-state index contributed by atoms with van der Waals surface area (Å²) in [6.45, 7) is 37.8. The van der Waals surface area contributed by atoms with Crippen LogP contribution in [0, 0.1) is 0 Å². The summed E-state index contributed by atoms with van der Waals surface area (Å²) in [5.41, 5.74) is 0. The van der Waals surface area contributed by atoms with Gasteiger partial charge in [-0.2, -0.15) is 0 Å². The lowest BCUT2D eigenvalue weighted by atomic mass is 10.5. The summed E-state index contributed by atoms with van der Waals surface area (Å²) in [7, 11) is -2.31. The van der Waals surface area contributed by atoms with Gasteiger partial charge in [0.25, 0.3) is 0 Å². The van der Waals surface area contributed by atoms with Gasteiger partial charge < -0.3 is 0 Å². The van der Waals surface area contributed by atoms with E-state index in [1.54, 1.807) is 0 Å². The van der Waals surface area contributed by atoms with Crippen LogP contribution in [0.25, 0.3) is 0 Å². The highest BCUT2D eigenvalue weighted by molar-refractivity contribution is 7.66. The minimum Gasteiger partial charge on any atom is -0.125 e. The Morgan fingerprint density at radius 2 is 0.483 bits per heavy atom. The molecule has 0 aliphatic rings. The second-order valence-corrected chi connectivity index (χ2v) is 9.67. The molecular formula is C24H40N4P+. The Hall–Kier alpha value is -1.81. The topological polar surface area (TPSA) is 13.0 Å². The standard InChI is InChI=1S/C24H40N4P/c1-9-17-25(18-10-2)29(26(19-11-3)20-12-4,27(21-13-5)22-14-6)28(23-15-7)24-16-8/h9-16H,1-8,17-24H2/q+1. The van der Waals surface area contributed by atoms with Crippen molar-refractivity contribution >= 4 is 7.87 Å². The van der Waals surface area contributed by atoms with Gasteiger partial charge in [0, 0.05) is 0 Å². The molecule has 0 radical (unpaired) electrons. The molecule has 0 unspecified atom stereocenters. The Morgan fingerprint density at radius 3 is 0.586 bits per heavy atom. The fourth-order valence-corrected chi connectivity index (χ4v) is 8.26. The summed E-state index contributed by atoms with van der Waals surface area (Å²) in [5.74, 6) is 0. The summed E-state index contributed by atoms with van der Waals surface area (Å²) < 4.78 is 9.78. The Morgan fingerprint density at radius 1 is 0.345 bits per heavy atom. The Bertz CT molecular complexity index is 428. The minimum absolute atomic E-state index is 0.708. The van der Waals surface area contributed by atoms with Gasteiger partial charge in [-0.25, -0.2) is 0 Å². The molecule has 0 N–H and O–H groups in total. The molecule has 0 aromatic rings. The predicted molar refractivity (Wildman–Crippen MR) is 135 cm³/mol. The summed E-state index contributed by atoms with van der Waals surface area (Å²) >= 11 is 0. The third kappa shape index (κ3) is 7.18. The Balaban J connectivity index is 7.13. The monoisotopic (exact) mass is 415 g/mol. The van der Waals surface area contributed by atoms with Crippen molar-refractivity contribution in [1.29, 1.82) is 0 Å². The lowest BCUT2D eigenvalue weighted by molar-refractivity contribution is 0.297. The van der Waals surface area contributed by atoms with E-state index in [2.05, 4.69) is 71.3 Å². The minimum atomic E-state index is -2.31. The van der Waals surface area contributed by atoms with E-state index in [0.717, 1.165) is 0 Å². The molecular weight excluding hydrogens is 375 g/mol. The number of nitrogens with zero attached hydrogens (tertiary/aromatic N) is 4. The van der Waals surface area contributed by atoms with Crippen LogP contribution in [0.4, 0.5) is 0 Å². The van der Waals surface area contributed by atoms with Gasteiger partial charge in [-0.3, -0.25) is 0 Å². The summed E-state index contributed by atoms with van der Waals surface area (Å²) in [6.07, 6.45) is 15.5. The van der Waals surface area contributed by atoms with Gasteiger partial charge in [0.15, 0.2) is 0 Å². The van der Waals surface area contributed by atoms with Gasteiger partial charge in [0.2, 0.25) is 0 Å². The molecule has 0 heterocycles. The largest absolute Gasteiger partial charge is 0.311 e. The van der Waals surface area contributed by atoms with E-state index in [1.165, 1.54) is 0 Å². The number of hydrogen-bond donors (Lipinski definition) is 0. The number of hydrogen-bond acceptors (Lipinski definition) is 4. The molecule has 0 atom stereocenters. The molecule has 0 saturated heterocycles. The fourth-order valence-electron chi connectivity index (χ4n) is 3.44. The SMILES string of the molecule is C=CCN(CC=C)[P+](N(CC=C)CC=C)(N(CC=C)CC=C)N(CC=C)CC=C. The van der Waals surface area contributed by atoms with Gasteiger partial charge in [-0.15, -0.1) is 71.3 Å². The summed E-state index contributed by atoms with van der Waals surface area (Å²) in [6, 6.07) is 0. The highest BCUT2D eigenvalue weighted by Gasteiger charge is 2.59. The molecule has 0 spiro atoms. The first-order chi connectivity index (χ1) is 14.1. The zero-order chi connectivity index (χ0) is 22.1. The molecule has 0 aromatic carbocycles. The van der Waals surface area contributed by atoms with E-state index in [9.17, 15) is 0 Å². The molecule has 0 saturated carbocycles. The Kier molecular flexibility index (Phi) is 15.0. The van der Waals surface area contributed by atoms with Crippen molar-refractivity contribution in [2.75, 3.05) is 52.4 Å². The van der Waals surface area contributed by atoms with Crippen LogP contribution in [0.1, 0.15) is 0 Å². The normalized spacial score (nSPS) is 11.4. The molecule has 0 fully saturated rings. The molecule has 0 amide bonds. The highest BCUT2D eigenvalue weighted by Crippen LogP contribution is 2.69. The molecule has 29 heavy (non-hydrogen) atoms. The van der Waals surface area contributed by atoms with Crippen molar-refractivity contribution in [3.8, 4) is 0 Å². The van der Waals surface area contributed by atoms with E-state index in [0.29, 0.717) is 52.4 Å². The zero-order valence-corrected chi connectivity index (χ0v) is 19.1. The number of rotatable bonds is 20. The first-order valence-electron chi connectivity index (χ1n) is 9.86. The van der Waals surface area contributed by atoms with Crippen LogP contribution in [-0.2, 0) is 0 Å². The summed E-state index contributed by atoms with van der Waals surface area (Å²) in [5, 5.41) is 0. The maximum atomic E-state index is 4.02. The van der Waals surface area contributed by atoms with Gasteiger partial charge in [-0.05, 0) is 0 Å². The van der Waals surface area contributed by atoms with E-state index >= 15 is 0 Å². The zero-order valence-electron chi connectivity index (χ0n) is 18.2. The molecule has 0 aromatic heterocycles. The van der Waals surface area contributed by atoms with Crippen molar-refractivity contribution in [1.82, 2.24) is 18.7 Å². The fraction of sp³-hybridized carbons (Fsp3) is 0.333. The highest BCUT2D eigenvalue weighted by atomic mass is 31.2. The van der Waals surface area contributed by atoms with Gasteiger partial charge in [0.1, 0.15) is 0 Å². The molecule has 0 aliphatic heterocycles. The molecule has 160 valence electrons. The van der Waals surface area contributed by atoms with Crippen molar-refractivity contribution in [2.24, 2.45) is 0 Å². The van der Waals surface area contributed by atoms with Crippen molar-refractivity contribution in [2.45, 2.75) is 0 Å². The molecule has 0 rings (SSSR count). The first-order valence-corrected chi connectivity index (χ1v) is 11.5. The molecule has 4 nitrogen and oxygen atoms in total. The second kappa shape index (κ2) is 16.0. The van der Waals surface area contributed by atoms with Gasteiger partial charge in [0.05, 0.1) is 52.4 Å². The average Bonchev–Trinajstić information content (AvgIpc) is 2.70. The molecule has 5 heteroatoms. The van der Waals surface area contributed by atoms with Gasteiger partial charge >= 0.3 is 7.87 Å². The first kappa shape index (κ1) is 27.2. The van der Waals surface area contributed by atoms with Crippen molar-refractivity contribution in [3.05, 3.63) is 101 Å². The lowest BCUT2D eigenvalue weighted by Crippen LogP contribution is -2.53. The second-order valence-electron chi connectivity index (χ2n) is 6.33. The van der Waals surface area contributed by atoms with Crippen LogP contribution in [0.3, 0.4) is 0 Å². The smallest absolute Gasteiger partial charge is 0.125 e. The lowest BCUT2D eigenvalue weighted by Gasteiger charge is -2.50. The van der Waals surface area contributed by atoms with E-state index in [-0.39, 0.29) is 0 Å². The van der Waals surface area contributed by atoms with Crippen LogP contribution < -0.4 is 0 Å². The predicted octanol–water partition coefficient (Wildman–Crippen LogP) is 5.36. The van der Waals surface area contributed by atoms with Crippen LogP contribution >= 0.6 is 7.87 Å². The van der Waals surface area contributed by atoms with Crippen LogP contribution in [0.2, 0.25) is 0 Å². The van der Waals surface area contributed by atoms with Crippen molar-refractivity contribution in [3.63, 3.8) is 0 Å². The van der Waals surface area contributed by atoms with Crippen LogP contribution in [0.5, 0.6) is 0 Å². The quantitative estimate of drug-likeness (QED) is 0.196. The summed E-state index contributed by atoms with van der Waals surface area (Å²) in [4.78, 5) is 0.